The zero-order chi connectivity index (χ0) is 14.5. The van der Waals surface area contributed by atoms with Crippen molar-refractivity contribution in [2.45, 2.75) is 20.3 Å². The molecule has 1 unspecified atom stereocenters. The van der Waals surface area contributed by atoms with Crippen LogP contribution in [-0.4, -0.2) is 7.11 Å². The Morgan fingerprint density at radius 2 is 1.90 bits per heavy atom. The van der Waals surface area contributed by atoms with Crippen LogP contribution in [0.15, 0.2) is 55.1 Å². The molecule has 2 rings (SSSR count). The maximum absolute atomic E-state index is 5.27. The highest BCUT2D eigenvalue weighted by Crippen LogP contribution is 2.28. The molecule has 0 spiro atoms. The molecule has 0 fully saturated rings. The number of hydrogen-bond acceptors (Lipinski definition) is 1. The van der Waals surface area contributed by atoms with Gasteiger partial charge in [-0.15, -0.1) is 6.58 Å². The summed E-state index contributed by atoms with van der Waals surface area (Å²) in [6, 6.07) is 12.8. The van der Waals surface area contributed by atoms with E-state index in [1.165, 1.54) is 21.9 Å². The van der Waals surface area contributed by atoms with E-state index in [0.717, 1.165) is 12.2 Å². The number of hydrogen-bond donors (Lipinski definition) is 0. The minimum absolute atomic E-state index is 0.493. The van der Waals surface area contributed by atoms with Crippen LogP contribution in [0.5, 0.6) is 5.75 Å². The number of ether oxygens (including phenoxy) is 1. The molecule has 2 aromatic carbocycles. The summed E-state index contributed by atoms with van der Waals surface area (Å²) in [4.78, 5) is 0. The number of benzene rings is 2. The van der Waals surface area contributed by atoms with Gasteiger partial charge in [-0.1, -0.05) is 37.3 Å². The Bertz CT molecular complexity index is 637. The fourth-order valence-corrected chi connectivity index (χ4v) is 2.38. The third-order valence-electron chi connectivity index (χ3n) is 3.71. The van der Waals surface area contributed by atoms with Gasteiger partial charge in [-0.05, 0) is 59.4 Å². The molecule has 20 heavy (non-hydrogen) atoms. The highest BCUT2D eigenvalue weighted by molar-refractivity contribution is 5.87. The summed E-state index contributed by atoms with van der Waals surface area (Å²) in [5, 5.41) is 2.45. The average molecular weight is 266 g/mol. The van der Waals surface area contributed by atoms with E-state index in [0.29, 0.717) is 5.92 Å². The molecule has 104 valence electrons. The number of rotatable bonds is 5. The Balaban J connectivity index is 2.37. The van der Waals surface area contributed by atoms with E-state index >= 15 is 0 Å². The topological polar surface area (TPSA) is 9.23 Å². The van der Waals surface area contributed by atoms with Gasteiger partial charge in [0, 0.05) is 0 Å². The number of allylic oxidation sites excluding steroid dienone is 3. The van der Waals surface area contributed by atoms with Crippen LogP contribution in [0.25, 0.3) is 16.3 Å². The molecule has 0 aliphatic carbocycles. The maximum Gasteiger partial charge on any atom is 0.119 e. The SMILES string of the molecule is C=CC(C)C/C(=C\C)c1ccc2cc(OC)ccc2c1. The molecule has 0 saturated carbocycles. The average Bonchev–Trinajstić information content (AvgIpc) is 2.51. The molecule has 1 heteroatoms. The summed E-state index contributed by atoms with van der Waals surface area (Å²) in [6.45, 7) is 8.17. The van der Waals surface area contributed by atoms with Crippen molar-refractivity contribution in [2.75, 3.05) is 7.11 Å². The van der Waals surface area contributed by atoms with E-state index in [9.17, 15) is 0 Å². The molecule has 0 N–H and O–H groups in total. The third kappa shape index (κ3) is 3.11. The van der Waals surface area contributed by atoms with Crippen LogP contribution in [-0.2, 0) is 0 Å². The summed E-state index contributed by atoms with van der Waals surface area (Å²) in [5.41, 5.74) is 2.66. The minimum Gasteiger partial charge on any atom is -0.497 e. The number of methoxy groups -OCH3 is 1. The van der Waals surface area contributed by atoms with Gasteiger partial charge in [0.05, 0.1) is 7.11 Å². The van der Waals surface area contributed by atoms with Gasteiger partial charge < -0.3 is 4.74 Å². The number of fused-ring (bicyclic) bond motifs is 1. The third-order valence-corrected chi connectivity index (χ3v) is 3.71. The monoisotopic (exact) mass is 266 g/mol. The van der Waals surface area contributed by atoms with E-state index in [1.54, 1.807) is 7.11 Å². The summed E-state index contributed by atoms with van der Waals surface area (Å²) >= 11 is 0. The Hall–Kier alpha value is -2.02. The van der Waals surface area contributed by atoms with Crippen molar-refractivity contribution in [1.82, 2.24) is 0 Å². The van der Waals surface area contributed by atoms with Crippen molar-refractivity contribution >= 4 is 16.3 Å². The zero-order valence-corrected chi connectivity index (χ0v) is 12.5. The van der Waals surface area contributed by atoms with Crippen LogP contribution in [0.4, 0.5) is 0 Å². The van der Waals surface area contributed by atoms with Crippen LogP contribution < -0.4 is 4.74 Å². The lowest BCUT2D eigenvalue weighted by molar-refractivity contribution is 0.415. The predicted octanol–water partition coefficient (Wildman–Crippen LogP) is 5.46. The standard InChI is InChI=1S/C19H22O/c1-5-14(3)11-15(6-2)16-7-8-18-13-19(20-4)10-9-17(18)12-16/h5-10,12-14H,1,11H2,2-4H3/b15-6+. The molecular formula is C19H22O. The van der Waals surface area contributed by atoms with Gasteiger partial charge in [-0.25, -0.2) is 0 Å². The van der Waals surface area contributed by atoms with Crippen LogP contribution in [0.1, 0.15) is 25.8 Å². The second-order valence-corrected chi connectivity index (χ2v) is 5.16. The smallest absolute Gasteiger partial charge is 0.119 e. The van der Waals surface area contributed by atoms with Gasteiger partial charge in [-0.3, -0.25) is 0 Å². The van der Waals surface area contributed by atoms with E-state index in [2.05, 4.69) is 56.8 Å². The van der Waals surface area contributed by atoms with E-state index in [-0.39, 0.29) is 0 Å². The first-order valence-corrected chi connectivity index (χ1v) is 7.04. The van der Waals surface area contributed by atoms with Gasteiger partial charge in [0.1, 0.15) is 5.75 Å². The van der Waals surface area contributed by atoms with Crippen molar-refractivity contribution in [3.8, 4) is 5.75 Å². The van der Waals surface area contributed by atoms with Crippen molar-refractivity contribution in [3.63, 3.8) is 0 Å². The highest BCUT2D eigenvalue weighted by Gasteiger charge is 2.06. The lowest BCUT2D eigenvalue weighted by Gasteiger charge is -2.12. The maximum atomic E-state index is 5.27. The Morgan fingerprint density at radius 1 is 1.20 bits per heavy atom. The molecule has 2 aromatic rings. The summed E-state index contributed by atoms with van der Waals surface area (Å²) in [7, 11) is 1.70. The first kappa shape index (κ1) is 14.4. The van der Waals surface area contributed by atoms with Crippen molar-refractivity contribution in [1.29, 1.82) is 0 Å². The Labute approximate surface area is 121 Å². The lowest BCUT2D eigenvalue weighted by atomic mass is 9.93. The molecular weight excluding hydrogens is 244 g/mol. The molecule has 0 amide bonds. The van der Waals surface area contributed by atoms with Crippen molar-refractivity contribution in [3.05, 3.63) is 60.7 Å². The van der Waals surface area contributed by atoms with Gasteiger partial charge in [-0.2, -0.15) is 0 Å². The van der Waals surface area contributed by atoms with Crippen LogP contribution in [0.2, 0.25) is 0 Å². The van der Waals surface area contributed by atoms with Gasteiger partial charge in [0.25, 0.3) is 0 Å². The molecule has 0 radical (unpaired) electrons. The summed E-state index contributed by atoms with van der Waals surface area (Å²) in [6.07, 6.45) is 5.24. The lowest BCUT2D eigenvalue weighted by Crippen LogP contribution is -1.93. The molecule has 0 saturated heterocycles. The second kappa shape index (κ2) is 6.42. The first-order chi connectivity index (χ1) is 9.67. The van der Waals surface area contributed by atoms with E-state index in [1.807, 2.05) is 12.1 Å². The van der Waals surface area contributed by atoms with E-state index in [4.69, 9.17) is 4.74 Å². The van der Waals surface area contributed by atoms with Crippen LogP contribution in [0, 0.1) is 5.92 Å². The van der Waals surface area contributed by atoms with Gasteiger partial charge >= 0.3 is 0 Å². The molecule has 0 aromatic heterocycles. The fraction of sp³-hybridized carbons (Fsp3) is 0.263. The Kier molecular flexibility index (Phi) is 4.62. The Morgan fingerprint density at radius 3 is 2.55 bits per heavy atom. The van der Waals surface area contributed by atoms with Crippen LogP contribution >= 0.6 is 0 Å². The van der Waals surface area contributed by atoms with Gasteiger partial charge in [0.15, 0.2) is 0 Å². The van der Waals surface area contributed by atoms with E-state index < -0.39 is 0 Å². The summed E-state index contributed by atoms with van der Waals surface area (Å²) in [5.74, 6) is 1.39. The molecule has 0 heterocycles. The zero-order valence-electron chi connectivity index (χ0n) is 12.5. The molecule has 0 aliphatic heterocycles. The molecule has 0 bridgehead atoms. The minimum atomic E-state index is 0.493. The quantitative estimate of drug-likeness (QED) is 0.652. The molecule has 0 aliphatic rings. The van der Waals surface area contributed by atoms with Crippen LogP contribution in [0.3, 0.4) is 0 Å². The summed E-state index contributed by atoms with van der Waals surface area (Å²) < 4.78 is 5.27. The predicted molar refractivity (Wildman–Crippen MR) is 88.1 cm³/mol. The second-order valence-electron chi connectivity index (χ2n) is 5.16. The van der Waals surface area contributed by atoms with Crippen molar-refractivity contribution < 1.29 is 4.74 Å². The fourth-order valence-electron chi connectivity index (χ4n) is 2.38. The molecule has 1 atom stereocenters. The van der Waals surface area contributed by atoms with Crippen molar-refractivity contribution in [2.24, 2.45) is 5.92 Å². The largest absolute Gasteiger partial charge is 0.497 e. The molecule has 1 nitrogen and oxygen atoms in total. The normalized spacial score (nSPS) is 13.2. The highest BCUT2D eigenvalue weighted by atomic mass is 16.5. The van der Waals surface area contributed by atoms with Gasteiger partial charge in [0.2, 0.25) is 0 Å². The first-order valence-electron chi connectivity index (χ1n) is 7.04.